The highest BCUT2D eigenvalue weighted by atomic mass is 35.5. The van der Waals surface area contributed by atoms with E-state index in [1.807, 2.05) is 0 Å². The first-order valence-corrected chi connectivity index (χ1v) is 6.06. The Balaban J connectivity index is 2.19. The number of halogens is 1. The molecule has 106 valence electrons. The summed E-state index contributed by atoms with van der Waals surface area (Å²) in [6.07, 6.45) is 2.13. The number of hydrogen-bond acceptors (Lipinski definition) is 5. The molecule has 0 spiro atoms. The van der Waals surface area contributed by atoms with Gasteiger partial charge in [-0.2, -0.15) is 0 Å². The Morgan fingerprint density at radius 3 is 2.57 bits per heavy atom. The Hall–Kier alpha value is -2.80. The number of aromatic nitrogens is 1. The van der Waals surface area contributed by atoms with Gasteiger partial charge in [0.2, 0.25) is 0 Å². The molecule has 0 bridgehead atoms. The first kappa shape index (κ1) is 14.6. The predicted octanol–water partition coefficient (Wildman–Crippen LogP) is 2.21. The van der Waals surface area contributed by atoms with Crippen molar-refractivity contribution in [1.82, 2.24) is 10.3 Å². The van der Waals surface area contributed by atoms with Crippen molar-refractivity contribution in [2.24, 2.45) is 0 Å². The molecule has 0 unspecified atom stereocenters. The van der Waals surface area contributed by atoms with Gasteiger partial charge in [-0.25, -0.2) is 0 Å². The van der Waals surface area contributed by atoms with Gasteiger partial charge < -0.3 is 0 Å². The van der Waals surface area contributed by atoms with E-state index in [-0.39, 0.29) is 21.8 Å². The van der Waals surface area contributed by atoms with Gasteiger partial charge in [0.1, 0.15) is 6.20 Å². The standard InChI is InChI=1S/C13H8ClN3O4/c14-11-4-2-1-3-10(11)13(19)16-12(18)8-5-9(17(20)21)7-15-6-8/h1-7H,(H,16,18,19). The molecule has 8 heteroatoms. The number of hydrogen-bond donors (Lipinski definition) is 1. The number of pyridine rings is 1. The van der Waals surface area contributed by atoms with Gasteiger partial charge in [-0.15, -0.1) is 0 Å². The van der Waals surface area contributed by atoms with Crippen LogP contribution in [-0.4, -0.2) is 21.7 Å². The lowest BCUT2D eigenvalue weighted by Gasteiger charge is -2.05. The zero-order valence-corrected chi connectivity index (χ0v) is 11.2. The van der Waals surface area contributed by atoms with Gasteiger partial charge >= 0.3 is 0 Å². The van der Waals surface area contributed by atoms with Crippen LogP contribution in [0, 0.1) is 10.1 Å². The Bertz CT molecular complexity index is 733. The van der Waals surface area contributed by atoms with Crippen LogP contribution in [0.15, 0.2) is 42.7 Å². The van der Waals surface area contributed by atoms with E-state index in [9.17, 15) is 19.7 Å². The van der Waals surface area contributed by atoms with Crippen LogP contribution in [0.1, 0.15) is 20.7 Å². The van der Waals surface area contributed by atoms with Crippen LogP contribution in [0.3, 0.4) is 0 Å². The zero-order valence-electron chi connectivity index (χ0n) is 10.4. The number of imide groups is 1. The second-order valence-electron chi connectivity index (χ2n) is 3.95. The van der Waals surface area contributed by atoms with Gasteiger partial charge in [-0.1, -0.05) is 23.7 Å². The van der Waals surface area contributed by atoms with Gasteiger partial charge in [0.05, 0.1) is 21.1 Å². The Morgan fingerprint density at radius 2 is 1.90 bits per heavy atom. The molecular formula is C13H8ClN3O4. The van der Waals surface area contributed by atoms with Crippen molar-refractivity contribution in [3.63, 3.8) is 0 Å². The predicted molar refractivity (Wildman–Crippen MR) is 74.1 cm³/mol. The quantitative estimate of drug-likeness (QED) is 0.532. The molecule has 0 aliphatic rings. The van der Waals surface area contributed by atoms with Crippen molar-refractivity contribution in [2.45, 2.75) is 0 Å². The molecule has 0 fully saturated rings. The number of nitro groups is 1. The lowest BCUT2D eigenvalue weighted by Crippen LogP contribution is -2.30. The summed E-state index contributed by atoms with van der Waals surface area (Å²) in [7, 11) is 0. The molecule has 1 aromatic heterocycles. The maximum Gasteiger partial charge on any atom is 0.288 e. The summed E-state index contributed by atoms with van der Waals surface area (Å²) in [5.41, 5.74) is -0.302. The van der Waals surface area contributed by atoms with Crippen molar-refractivity contribution in [3.05, 3.63) is 69.0 Å². The van der Waals surface area contributed by atoms with Crippen molar-refractivity contribution in [1.29, 1.82) is 0 Å². The number of benzene rings is 1. The molecule has 21 heavy (non-hydrogen) atoms. The van der Waals surface area contributed by atoms with E-state index in [1.165, 1.54) is 12.1 Å². The average molecular weight is 306 g/mol. The molecule has 0 aliphatic heterocycles. The molecule has 0 atom stereocenters. The molecule has 7 nitrogen and oxygen atoms in total. The highest BCUT2D eigenvalue weighted by molar-refractivity contribution is 6.34. The minimum atomic E-state index is -0.795. The minimum absolute atomic E-state index is 0.0930. The van der Waals surface area contributed by atoms with E-state index in [1.54, 1.807) is 12.1 Å². The normalized spacial score (nSPS) is 9.95. The maximum atomic E-state index is 11.9. The molecule has 0 aliphatic carbocycles. The molecule has 0 saturated carbocycles. The highest BCUT2D eigenvalue weighted by Crippen LogP contribution is 2.15. The van der Waals surface area contributed by atoms with E-state index in [2.05, 4.69) is 10.3 Å². The van der Waals surface area contributed by atoms with Crippen LogP contribution in [-0.2, 0) is 0 Å². The van der Waals surface area contributed by atoms with E-state index >= 15 is 0 Å². The van der Waals surface area contributed by atoms with Crippen LogP contribution in [0.2, 0.25) is 5.02 Å². The summed E-state index contributed by atoms with van der Waals surface area (Å²) in [6, 6.07) is 7.24. The van der Waals surface area contributed by atoms with E-state index in [0.717, 1.165) is 18.5 Å². The summed E-state index contributed by atoms with van der Waals surface area (Å²) in [4.78, 5) is 37.3. The van der Waals surface area contributed by atoms with E-state index in [0.29, 0.717) is 0 Å². The largest absolute Gasteiger partial charge is 0.288 e. The van der Waals surface area contributed by atoms with Gasteiger partial charge in [0.15, 0.2) is 0 Å². The van der Waals surface area contributed by atoms with Gasteiger partial charge in [-0.3, -0.25) is 30.0 Å². The number of nitrogens with one attached hydrogen (secondary N) is 1. The second-order valence-corrected chi connectivity index (χ2v) is 4.36. The first-order chi connectivity index (χ1) is 9.99. The lowest BCUT2D eigenvalue weighted by molar-refractivity contribution is -0.385. The van der Waals surface area contributed by atoms with Crippen LogP contribution in [0.5, 0.6) is 0 Å². The molecule has 0 saturated heterocycles. The van der Waals surface area contributed by atoms with Gasteiger partial charge in [0.25, 0.3) is 17.5 Å². The third kappa shape index (κ3) is 3.40. The van der Waals surface area contributed by atoms with Gasteiger partial charge in [-0.05, 0) is 12.1 Å². The number of rotatable bonds is 3. The van der Waals surface area contributed by atoms with Crippen molar-refractivity contribution >= 4 is 29.1 Å². The van der Waals surface area contributed by atoms with E-state index < -0.39 is 16.7 Å². The fourth-order valence-electron chi connectivity index (χ4n) is 1.54. The third-order valence-electron chi connectivity index (χ3n) is 2.54. The average Bonchev–Trinajstić information content (AvgIpc) is 2.47. The third-order valence-corrected chi connectivity index (χ3v) is 2.87. The molecule has 1 N–H and O–H groups in total. The summed E-state index contributed by atoms with van der Waals surface area (Å²) < 4.78 is 0. The highest BCUT2D eigenvalue weighted by Gasteiger charge is 2.17. The zero-order chi connectivity index (χ0) is 15.4. The number of amides is 2. The fraction of sp³-hybridized carbons (Fsp3) is 0. The van der Waals surface area contributed by atoms with Crippen molar-refractivity contribution in [3.8, 4) is 0 Å². The molecule has 2 aromatic rings. The van der Waals surface area contributed by atoms with Crippen LogP contribution in [0.4, 0.5) is 5.69 Å². The molecule has 1 aromatic carbocycles. The number of nitrogens with zero attached hydrogens (tertiary/aromatic N) is 2. The van der Waals surface area contributed by atoms with E-state index in [4.69, 9.17) is 11.6 Å². The first-order valence-electron chi connectivity index (χ1n) is 5.68. The lowest BCUT2D eigenvalue weighted by atomic mass is 10.2. The molecule has 2 amide bonds. The molecule has 1 heterocycles. The van der Waals surface area contributed by atoms with Crippen LogP contribution < -0.4 is 5.32 Å². The maximum absolute atomic E-state index is 11.9. The van der Waals surface area contributed by atoms with Crippen LogP contribution in [0.25, 0.3) is 0 Å². The molecule has 0 radical (unpaired) electrons. The topological polar surface area (TPSA) is 102 Å². The second kappa shape index (κ2) is 6.10. The smallest absolute Gasteiger partial charge is 0.288 e. The summed E-state index contributed by atoms with van der Waals surface area (Å²) in [5, 5.41) is 12.9. The monoisotopic (exact) mass is 305 g/mol. The molecule has 2 rings (SSSR count). The Kier molecular flexibility index (Phi) is 4.24. The number of carbonyl (C=O) groups excluding carboxylic acids is 2. The molecular weight excluding hydrogens is 298 g/mol. The SMILES string of the molecule is O=C(NC(=O)c1ccccc1Cl)c1cncc([N+](=O)[O-])c1. The van der Waals surface area contributed by atoms with Gasteiger partial charge in [0, 0.05) is 12.3 Å². The summed E-state index contributed by atoms with van der Waals surface area (Å²) in [6.45, 7) is 0. The minimum Gasteiger partial charge on any atom is -0.288 e. The number of carbonyl (C=O) groups is 2. The Labute approximate surface area is 123 Å². The fourth-order valence-corrected chi connectivity index (χ4v) is 1.76. The summed E-state index contributed by atoms with van der Waals surface area (Å²) in [5.74, 6) is -1.49. The van der Waals surface area contributed by atoms with Crippen molar-refractivity contribution < 1.29 is 14.5 Å². The van der Waals surface area contributed by atoms with Crippen LogP contribution >= 0.6 is 11.6 Å². The summed E-state index contributed by atoms with van der Waals surface area (Å²) >= 11 is 5.84. The van der Waals surface area contributed by atoms with Crippen molar-refractivity contribution in [2.75, 3.05) is 0 Å². The Morgan fingerprint density at radius 1 is 1.19 bits per heavy atom.